The van der Waals surface area contributed by atoms with Crippen LogP contribution in [0.5, 0.6) is 0 Å². The Morgan fingerprint density at radius 3 is 0.694 bits per heavy atom. The number of hydrogen-bond acceptors (Lipinski definition) is 6. The molecule has 0 aromatic rings. The van der Waals surface area contributed by atoms with Crippen molar-refractivity contribution >= 4 is 17.9 Å². The van der Waals surface area contributed by atoms with Gasteiger partial charge in [0.15, 0.2) is 6.10 Å². The van der Waals surface area contributed by atoms with Crippen LogP contribution in [-0.2, 0) is 28.6 Å². The summed E-state index contributed by atoms with van der Waals surface area (Å²) < 4.78 is 16.9. The van der Waals surface area contributed by atoms with E-state index in [4.69, 9.17) is 14.2 Å². The van der Waals surface area contributed by atoms with E-state index in [-0.39, 0.29) is 31.1 Å². The summed E-state index contributed by atoms with van der Waals surface area (Å²) in [4.78, 5) is 38.3. The summed E-state index contributed by atoms with van der Waals surface area (Å²) in [7, 11) is 0. The van der Waals surface area contributed by atoms with Crippen molar-refractivity contribution in [2.75, 3.05) is 13.2 Å². The van der Waals surface area contributed by atoms with Crippen LogP contribution in [0, 0.1) is 0 Å². The molecule has 0 bridgehead atoms. The Balaban J connectivity index is 4.34. The molecule has 0 aliphatic rings. The molecule has 0 rings (SSSR count). The van der Waals surface area contributed by atoms with Gasteiger partial charge in [-0.1, -0.05) is 295 Å². The van der Waals surface area contributed by atoms with Gasteiger partial charge in [0.1, 0.15) is 13.2 Å². The van der Waals surface area contributed by atoms with Crippen LogP contribution in [0.1, 0.15) is 361 Å². The molecule has 0 heterocycles. The monoisotopic (exact) mass is 1010 g/mol. The SMILES string of the molecule is CCCCCCCCCC/C=C\CCCCCCCCCC(=O)OCC(COC(=O)CCCCCCCCCCCCCCCCCCC)OC(=O)CCCCCCC/C=C\CCCCCCCCCCC. The molecule has 6 nitrogen and oxygen atoms in total. The molecule has 0 aliphatic heterocycles. The molecule has 0 amide bonds. The molecule has 0 spiro atoms. The van der Waals surface area contributed by atoms with Crippen LogP contribution < -0.4 is 0 Å². The van der Waals surface area contributed by atoms with Crippen molar-refractivity contribution in [3.8, 4) is 0 Å². The zero-order chi connectivity index (χ0) is 52.2. The maximum Gasteiger partial charge on any atom is 0.306 e. The highest BCUT2D eigenvalue weighted by Gasteiger charge is 2.19. The van der Waals surface area contributed by atoms with E-state index >= 15 is 0 Å². The molecule has 0 saturated heterocycles. The molecule has 0 aromatic heterocycles. The minimum Gasteiger partial charge on any atom is -0.462 e. The minimum atomic E-state index is -0.775. The van der Waals surface area contributed by atoms with E-state index in [1.54, 1.807) is 0 Å². The van der Waals surface area contributed by atoms with Gasteiger partial charge in [-0.3, -0.25) is 14.4 Å². The lowest BCUT2D eigenvalue weighted by Gasteiger charge is -2.18. The van der Waals surface area contributed by atoms with E-state index < -0.39 is 6.10 Å². The maximum atomic E-state index is 12.9. The van der Waals surface area contributed by atoms with Gasteiger partial charge in [-0.05, 0) is 70.6 Å². The zero-order valence-electron chi connectivity index (χ0n) is 48.7. The molecule has 0 N–H and O–H groups in total. The number of carbonyl (C=O) groups is 3. The number of hydrogen-bond donors (Lipinski definition) is 0. The molecule has 1 unspecified atom stereocenters. The fraction of sp³-hybridized carbons (Fsp3) is 0.894. The Morgan fingerprint density at radius 1 is 0.264 bits per heavy atom. The predicted molar refractivity (Wildman–Crippen MR) is 312 cm³/mol. The first-order valence-corrected chi connectivity index (χ1v) is 32.3. The summed E-state index contributed by atoms with van der Waals surface area (Å²) in [6.45, 7) is 6.70. The van der Waals surface area contributed by atoms with Gasteiger partial charge in [0.25, 0.3) is 0 Å². The Hall–Kier alpha value is -2.11. The minimum absolute atomic E-state index is 0.0709. The maximum absolute atomic E-state index is 12.9. The van der Waals surface area contributed by atoms with Crippen LogP contribution in [-0.4, -0.2) is 37.2 Å². The molecule has 6 heteroatoms. The summed E-state index contributed by atoms with van der Waals surface area (Å²) in [6, 6.07) is 0. The number of ether oxygens (including phenoxy) is 3. The largest absolute Gasteiger partial charge is 0.462 e. The fourth-order valence-electron chi connectivity index (χ4n) is 9.79. The summed E-state index contributed by atoms with van der Waals surface area (Å²) in [5.41, 5.74) is 0. The fourth-order valence-corrected chi connectivity index (χ4v) is 9.79. The molecule has 0 saturated carbocycles. The molecule has 0 aliphatic carbocycles. The van der Waals surface area contributed by atoms with Gasteiger partial charge in [-0.25, -0.2) is 0 Å². The second kappa shape index (κ2) is 61.4. The van der Waals surface area contributed by atoms with Crippen LogP contribution >= 0.6 is 0 Å². The number of carbonyl (C=O) groups excluding carboxylic acids is 3. The Bertz CT molecular complexity index is 1160. The van der Waals surface area contributed by atoms with Crippen molar-refractivity contribution in [1.82, 2.24) is 0 Å². The third-order valence-electron chi connectivity index (χ3n) is 14.7. The van der Waals surface area contributed by atoms with Crippen molar-refractivity contribution in [2.45, 2.75) is 367 Å². The van der Waals surface area contributed by atoms with Crippen LogP contribution in [0.15, 0.2) is 24.3 Å². The van der Waals surface area contributed by atoms with Gasteiger partial charge in [-0.15, -0.1) is 0 Å². The highest BCUT2D eigenvalue weighted by Crippen LogP contribution is 2.17. The average Bonchev–Trinajstić information content (AvgIpc) is 3.38. The third kappa shape index (κ3) is 58.8. The van der Waals surface area contributed by atoms with Gasteiger partial charge in [-0.2, -0.15) is 0 Å². The van der Waals surface area contributed by atoms with Gasteiger partial charge < -0.3 is 14.2 Å². The molecule has 424 valence electrons. The van der Waals surface area contributed by atoms with Gasteiger partial charge in [0.2, 0.25) is 0 Å². The standard InChI is InChI=1S/C66H124O6/c1-4-7-10-13-16-19-22-25-28-31-33-36-38-41-44-47-50-53-56-59-65(68)71-62-63(61-70-64(67)58-55-52-49-46-43-40-37-34-30-27-24-21-18-15-12-9-6-3)72-66(69)60-57-54-51-48-45-42-39-35-32-29-26-23-20-17-14-11-8-5-2/h31,33,35,39,63H,4-30,32,34,36-38,40-62H2,1-3H3/b33-31-,39-35-. The Morgan fingerprint density at radius 2 is 0.458 bits per heavy atom. The molecular weight excluding hydrogens is 889 g/mol. The first-order chi connectivity index (χ1) is 35.5. The van der Waals surface area contributed by atoms with Gasteiger partial charge >= 0.3 is 17.9 Å². The quantitative estimate of drug-likeness (QED) is 0.0261. The first kappa shape index (κ1) is 69.9. The Kier molecular flexibility index (Phi) is 59.6. The van der Waals surface area contributed by atoms with Crippen LogP contribution in [0.25, 0.3) is 0 Å². The molecular formula is C66H124O6. The van der Waals surface area contributed by atoms with Gasteiger partial charge in [0.05, 0.1) is 0 Å². The van der Waals surface area contributed by atoms with E-state index in [1.807, 2.05) is 0 Å². The summed E-state index contributed by atoms with van der Waals surface area (Å²) >= 11 is 0. The van der Waals surface area contributed by atoms with Crippen molar-refractivity contribution in [1.29, 1.82) is 0 Å². The lowest BCUT2D eigenvalue weighted by Crippen LogP contribution is -2.30. The summed E-state index contributed by atoms with van der Waals surface area (Å²) in [6.07, 6.45) is 73.2. The van der Waals surface area contributed by atoms with E-state index in [9.17, 15) is 14.4 Å². The molecule has 0 fully saturated rings. The van der Waals surface area contributed by atoms with Crippen molar-refractivity contribution in [3.05, 3.63) is 24.3 Å². The van der Waals surface area contributed by atoms with E-state index in [0.717, 1.165) is 64.2 Å². The number of esters is 3. The second-order valence-electron chi connectivity index (χ2n) is 22.0. The topological polar surface area (TPSA) is 78.9 Å². The van der Waals surface area contributed by atoms with E-state index in [1.165, 1.54) is 257 Å². The third-order valence-corrected chi connectivity index (χ3v) is 14.7. The van der Waals surface area contributed by atoms with Gasteiger partial charge in [0, 0.05) is 19.3 Å². The van der Waals surface area contributed by atoms with Crippen LogP contribution in [0.2, 0.25) is 0 Å². The smallest absolute Gasteiger partial charge is 0.306 e. The molecule has 0 aromatic carbocycles. The lowest BCUT2D eigenvalue weighted by molar-refractivity contribution is -0.167. The number of unbranched alkanes of at least 4 members (excludes halogenated alkanes) is 45. The molecule has 1 atom stereocenters. The molecule has 0 radical (unpaired) electrons. The highest BCUT2D eigenvalue weighted by molar-refractivity contribution is 5.71. The summed E-state index contributed by atoms with van der Waals surface area (Å²) in [5, 5.41) is 0. The van der Waals surface area contributed by atoms with E-state index in [0.29, 0.717) is 19.3 Å². The normalized spacial score (nSPS) is 12.1. The van der Waals surface area contributed by atoms with Crippen molar-refractivity contribution in [2.24, 2.45) is 0 Å². The highest BCUT2D eigenvalue weighted by atomic mass is 16.6. The average molecular weight is 1010 g/mol. The first-order valence-electron chi connectivity index (χ1n) is 32.3. The number of rotatable bonds is 60. The van der Waals surface area contributed by atoms with Crippen molar-refractivity contribution < 1.29 is 28.6 Å². The zero-order valence-corrected chi connectivity index (χ0v) is 48.7. The Labute approximate surface area is 449 Å². The van der Waals surface area contributed by atoms with Crippen molar-refractivity contribution in [3.63, 3.8) is 0 Å². The second-order valence-corrected chi connectivity index (χ2v) is 22.0. The lowest BCUT2D eigenvalue weighted by atomic mass is 10.0. The molecule has 72 heavy (non-hydrogen) atoms. The van der Waals surface area contributed by atoms with E-state index in [2.05, 4.69) is 45.1 Å². The number of allylic oxidation sites excluding steroid dienone is 4. The van der Waals surface area contributed by atoms with Crippen LogP contribution in [0.3, 0.4) is 0 Å². The predicted octanol–water partition coefficient (Wildman–Crippen LogP) is 21.8. The van der Waals surface area contributed by atoms with Crippen LogP contribution in [0.4, 0.5) is 0 Å². The summed E-state index contributed by atoms with van der Waals surface area (Å²) in [5.74, 6) is -0.857.